The summed E-state index contributed by atoms with van der Waals surface area (Å²) in [5.74, 6) is 1.81. The topological polar surface area (TPSA) is 88.9 Å². The van der Waals surface area contributed by atoms with Gasteiger partial charge in [0.2, 0.25) is 11.8 Å². The molecule has 2 heterocycles. The molecule has 1 aliphatic heterocycles. The molecule has 0 unspecified atom stereocenters. The number of benzene rings is 2. The number of nitrogens with one attached hydrogen (secondary N) is 1. The number of amides is 2. The number of thioether (sulfide) groups is 1. The standard InChI is InChI=1S/C27H33N5O4S/c1-30(2)14-13-28-22(33)16-32-23(34)17-37-26(20-15-19(35-4)11-12-21(20)36-5)24-25(29-31(3)27(24)32)18-9-7-6-8-10-18/h6-12,15,26H,13-14,16-17H2,1-5H3,(H,28,33)/t26-/m0/s1. The van der Waals surface area contributed by atoms with Gasteiger partial charge in [-0.2, -0.15) is 5.10 Å². The molecule has 0 spiro atoms. The Kier molecular flexibility index (Phi) is 8.40. The summed E-state index contributed by atoms with van der Waals surface area (Å²) in [5, 5.41) is 7.49. The van der Waals surface area contributed by atoms with Crippen LogP contribution in [-0.2, 0) is 16.6 Å². The number of ether oxygens (including phenoxy) is 2. The first-order chi connectivity index (χ1) is 17.8. The number of aryl methyl sites for hydroxylation is 1. The summed E-state index contributed by atoms with van der Waals surface area (Å²) in [5.41, 5.74) is 3.42. The number of hydrogen-bond acceptors (Lipinski definition) is 7. The van der Waals surface area contributed by atoms with Crippen LogP contribution in [0.5, 0.6) is 11.5 Å². The van der Waals surface area contributed by atoms with E-state index in [4.69, 9.17) is 14.6 Å². The van der Waals surface area contributed by atoms with Gasteiger partial charge in [0.1, 0.15) is 23.9 Å². The summed E-state index contributed by atoms with van der Waals surface area (Å²) < 4.78 is 12.9. The molecule has 2 aromatic carbocycles. The number of carbonyl (C=O) groups is 2. The molecular weight excluding hydrogens is 490 g/mol. The summed E-state index contributed by atoms with van der Waals surface area (Å²) in [4.78, 5) is 29.9. The van der Waals surface area contributed by atoms with Gasteiger partial charge in [-0.25, -0.2) is 0 Å². The maximum absolute atomic E-state index is 13.5. The highest BCUT2D eigenvalue weighted by atomic mass is 32.2. The molecule has 9 nitrogen and oxygen atoms in total. The minimum Gasteiger partial charge on any atom is -0.497 e. The van der Waals surface area contributed by atoms with Crippen LogP contribution in [0.3, 0.4) is 0 Å². The number of carbonyl (C=O) groups excluding carboxylic acids is 2. The third kappa shape index (κ3) is 5.75. The molecule has 1 N–H and O–H groups in total. The van der Waals surface area contributed by atoms with Gasteiger partial charge >= 0.3 is 0 Å². The third-order valence-corrected chi connectivity index (χ3v) is 7.43. The van der Waals surface area contributed by atoms with E-state index in [1.54, 1.807) is 23.8 Å². The van der Waals surface area contributed by atoms with Crippen molar-refractivity contribution in [3.05, 3.63) is 59.7 Å². The number of hydrogen-bond donors (Lipinski definition) is 1. The normalized spacial score (nSPS) is 15.4. The first kappa shape index (κ1) is 26.6. The number of rotatable bonds is 9. The molecule has 0 fully saturated rings. The Morgan fingerprint density at radius 3 is 2.59 bits per heavy atom. The van der Waals surface area contributed by atoms with E-state index in [1.165, 1.54) is 11.8 Å². The molecule has 2 amide bonds. The highest BCUT2D eigenvalue weighted by Crippen LogP contribution is 2.50. The number of nitrogens with zero attached hydrogens (tertiary/aromatic N) is 4. The quantitative estimate of drug-likeness (QED) is 0.461. The third-order valence-electron chi connectivity index (χ3n) is 6.19. The van der Waals surface area contributed by atoms with Gasteiger partial charge in [-0.1, -0.05) is 30.3 Å². The van der Waals surface area contributed by atoms with E-state index in [-0.39, 0.29) is 29.4 Å². The molecule has 1 aliphatic rings. The lowest BCUT2D eigenvalue weighted by molar-refractivity contribution is -0.122. The average molecular weight is 524 g/mol. The van der Waals surface area contributed by atoms with Gasteiger partial charge in [-0.15, -0.1) is 11.8 Å². The van der Waals surface area contributed by atoms with Crippen LogP contribution in [0, 0.1) is 0 Å². The lowest BCUT2D eigenvalue weighted by Gasteiger charge is -2.23. The monoisotopic (exact) mass is 523 g/mol. The van der Waals surface area contributed by atoms with Crippen molar-refractivity contribution in [3.63, 3.8) is 0 Å². The molecule has 37 heavy (non-hydrogen) atoms. The number of methoxy groups -OCH3 is 2. The number of anilines is 1. The van der Waals surface area contributed by atoms with Gasteiger partial charge in [0.15, 0.2) is 0 Å². The van der Waals surface area contributed by atoms with Crippen molar-refractivity contribution in [2.75, 3.05) is 58.6 Å². The van der Waals surface area contributed by atoms with E-state index in [0.29, 0.717) is 30.4 Å². The van der Waals surface area contributed by atoms with Crippen molar-refractivity contribution in [1.82, 2.24) is 20.0 Å². The van der Waals surface area contributed by atoms with Gasteiger partial charge in [0, 0.05) is 36.8 Å². The van der Waals surface area contributed by atoms with E-state index in [9.17, 15) is 9.59 Å². The van der Waals surface area contributed by atoms with Crippen molar-refractivity contribution in [2.24, 2.45) is 7.05 Å². The zero-order valence-electron chi connectivity index (χ0n) is 21.9. The Bertz CT molecular complexity index is 1260. The van der Waals surface area contributed by atoms with Gasteiger partial charge in [0.25, 0.3) is 0 Å². The molecule has 3 aromatic rings. The molecule has 0 bridgehead atoms. The Labute approximate surface area is 221 Å². The minimum atomic E-state index is -0.283. The molecule has 4 rings (SSSR count). The number of fused-ring (bicyclic) bond motifs is 1. The Morgan fingerprint density at radius 1 is 1.16 bits per heavy atom. The van der Waals surface area contributed by atoms with Crippen molar-refractivity contribution in [1.29, 1.82) is 0 Å². The highest BCUT2D eigenvalue weighted by molar-refractivity contribution is 8.00. The number of likely N-dealkylation sites (N-methyl/N-ethyl adjacent to an activating group) is 1. The van der Waals surface area contributed by atoms with Gasteiger partial charge in [-0.3, -0.25) is 19.2 Å². The second-order valence-corrected chi connectivity index (χ2v) is 10.1. The van der Waals surface area contributed by atoms with Crippen molar-refractivity contribution < 1.29 is 19.1 Å². The van der Waals surface area contributed by atoms with E-state index in [2.05, 4.69) is 5.32 Å². The van der Waals surface area contributed by atoms with Crippen LogP contribution in [0.25, 0.3) is 11.3 Å². The first-order valence-electron chi connectivity index (χ1n) is 12.0. The second-order valence-electron chi connectivity index (χ2n) is 9.01. The van der Waals surface area contributed by atoms with Crippen molar-refractivity contribution in [3.8, 4) is 22.8 Å². The van der Waals surface area contributed by atoms with E-state index in [1.807, 2.05) is 74.6 Å². The number of aromatic nitrogens is 2. The van der Waals surface area contributed by atoms with Crippen molar-refractivity contribution >= 4 is 29.4 Å². The fourth-order valence-corrected chi connectivity index (χ4v) is 5.62. The SMILES string of the molecule is COc1ccc(OC)c([C@@H]2SCC(=O)N(CC(=O)NCCN(C)C)c3c2c(-c2ccccc2)nn3C)c1. The minimum absolute atomic E-state index is 0.0877. The molecular formula is C27H33N5O4S. The van der Waals surface area contributed by atoms with Crippen LogP contribution in [0.2, 0.25) is 0 Å². The molecule has 1 aromatic heterocycles. The van der Waals surface area contributed by atoms with Gasteiger partial charge in [0.05, 0.1) is 30.9 Å². The van der Waals surface area contributed by atoms with Crippen LogP contribution < -0.4 is 19.7 Å². The Balaban J connectivity index is 1.85. The molecule has 0 saturated heterocycles. The van der Waals surface area contributed by atoms with Crippen LogP contribution >= 0.6 is 11.8 Å². The molecule has 10 heteroatoms. The Hall–Kier alpha value is -3.50. The van der Waals surface area contributed by atoms with Gasteiger partial charge in [-0.05, 0) is 32.3 Å². The lowest BCUT2D eigenvalue weighted by atomic mass is 9.98. The van der Waals surface area contributed by atoms with E-state index >= 15 is 0 Å². The van der Waals surface area contributed by atoms with Crippen LogP contribution in [-0.4, -0.2) is 80.2 Å². The Morgan fingerprint density at radius 2 is 1.92 bits per heavy atom. The highest BCUT2D eigenvalue weighted by Gasteiger charge is 2.37. The zero-order valence-corrected chi connectivity index (χ0v) is 22.7. The fraction of sp³-hybridized carbons (Fsp3) is 0.370. The summed E-state index contributed by atoms with van der Waals surface area (Å²) in [6.07, 6.45) is 0. The summed E-state index contributed by atoms with van der Waals surface area (Å²) in [6, 6.07) is 15.5. The fourth-order valence-electron chi connectivity index (χ4n) is 4.41. The van der Waals surface area contributed by atoms with E-state index in [0.717, 1.165) is 22.4 Å². The summed E-state index contributed by atoms with van der Waals surface area (Å²) in [7, 11) is 8.95. The predicted molar refractivity (Wildman–Crippen MR) is 146 cm³/mol. The zero-order chi connectivity index (χ0) is 26.5. The van der Waals surface area contributed by atoms with Crippen LogP contribution in [0.1, 0.15) is 16.4 Å². The molecule has 0 aliphatic carbocycles. The summed E-state index contributed by atoms with van der Waals surface area (Å²) >= 11 is 1.49. The smallest absolute Gasteiger partial charge is 0.240 e. The lowest BCUT2D eigenvalue weighted by Crippen LogP contribution is -2.43. The second kappa shape index (κ2) is 11.7. The summed E-state index contributed by atoms with van der Waals surface area (Å²) in [6.45, 7) is 1.12. The van der Waals surface area contributed by atoms with E-state index < -0.39 is 0 Å². The van der Waals surface area contributed by atoms with Crippen LogP contribution in [0.15, 0.2) is 48.5 Å². The molecule has 1 atom stereocenters. The molecule has 196 valence electrons. The van der Waals surface area contributed by atoms with Crippen molar-refractivity contribution in [2.45, 2.75) is 5.25 Å². The first-order valence-corrected chi connectivity index (χ1v) is 13.1. The maximum atomic E-state index is 13.5. The maximum Gasteiger partial charge on any atom is 0.240 e. The molecule has 0 saturated carbocycles. The van der Waals surface area contributed by atoms with Crippen LogP contribution in [0.4, 0.5) is 5.82 Å². The largest absolute Gasteiger partial charge is 0.497 e. The molecule has 0 radical (unpaired) electrons. The van der Waals surface area contributed by atoms with Gasteiger partial charge < -0.3 is 19.7 Å². The average Bonchev–Trinajstić information content (AvgIpc) is 3.16. The predicted octanol–water partition coefficient (Wildman–Crippen LogP) is 2.95.